The van der Waals surface area contributed by atoms with E-state index in [1.165, 1.54) is 0 Å². The molecule has 5 nitrogen and oxygen atoms in total. The fourth-order valence-electron chi connectivity index (χ4n) is 2.32. The van der Waals surface area contributed by atoms with Crippen LogP contribution in [0.1, 0.15) is 6.92 Å². The van der Waals surface area contributed by atoms with E-state index in [9.17, 15) is 8.42 Å². The Bertz CT molecular complexity index is 554. The lowest BCUT2D eigenvalue weighted by molar-refractivity contribution is 0.120. The summed E-state index contributed by atoms with van der Waals surface area (Å²) in [5.41, 5.74) is 0. The van der Waals surface area contributed by atoms with Gasteiger partial charge in [-0.1, -0.05) is 15.9 Å². The highest BCUT2D eigenvalue weighted by Gasteiger charge is 2.21. The van der Waals surface area contributed by atoms with Gasteiger partial charge in [0.05, 0.1) is 4.90 Å². The van der Waals surface area contributed by atoms with Crippen molar-refractivity contribution in [1.29, 1.82) is 0 Å². The number of rotatable bonds is 5. The van der Waals surface area contributed by atoms with Gasteiger partial charge in [-0.05, 0) is 38.2 Å². The van der Waals surface area contributed by atoms with Crippen molar-refractivity contribution in [2.45, 2.75) is 17.9 Å². The first-order valence-electron chi connectivity index (χ1n) is 7.06. The fraction of sp³-hybridized carbons (Fsp3) is 0.571. The summed E-state index contributed by atoms with van der Waals surface area (Å²) in [6.07, 6.45) is 0. The van der Waals surface area contributed by atoms with Crippen LogP contribution >= 0.6 is 15.9 Å². The molecule has 1 N–H and O–H groups in total. The number of nitrogens with one attached hydrogen (secondary N) is 1. The highest BCUT2D eigenvalue weighted by atomic mass is 79.9. The van der Waals surface area contributed by atoms with Gasteiger partial charge in [0, 0.05) is 43.2 Å². The normalized spacial score (nSPS) is 19.6. The average molecular weight is 376 g/mol. The molecule has 1 saturated heterocycles. The van der Waals surface area contributed by atoms with Gasteiger partial charge in [-0.25, -0.2) is 13.1 Å². The van der Waals surface area contributed by atoms with E-state index in [0.29, 0.717) is 11.4 Å². The van der Waals surface area contributed by atoms with Crippen LogP contribution in [0.4, 0.5) is 0 Å². The molecule has 1 atom stereocenters. The van der Waals surface area contributed by atoms with Crippen molar-refractivity contribution in [3.63, 3.8) is 0 Å². The summed E-state index contributed by atoms with van der Waals surface area (Å²) < 4.78 is 28.0. The van der Waals surface area contributed by atoms with Crippen molar-refractivity contribution < 1.29 is 8.42 Å². The molecule has 21 heavy (non-hydrogen) atoms. The van der Waals surface area contributed by atoms with Crippen molar-refractivity contribution in [2.24, 2.45) is 0 Å². The van der Waals surface area contributed by atoms with Crippen molar-refractivity contribution in [2.75, 3.05) is 39.8 Å². The Labute approximate surface area is 135 Å². The Kier molecular flexibility index (Phi) is 5.79. The summed E-state index contributed by atoms with van der Waals surface area (Å²) in [7, 11) is -1.32. The molecular weight excluding hydrogens is 354 g/mol. The lowest BCUT2D eigenvalue weighted by Gasteiger charge is -2.36. The molecule has 1 aromatic carbocycles. The minimum Gasteiger partial charge on any atom is -0.304 e. The fourth-order valence-corrected chi connectivity index (χ4v) is 3.71. The number of benzene rings is 1. The molecule has 7 heteroatoms. The smallest absolute Gasteiger partial charge is 0.240 e. The van der Waals surface area contributed by atoms with Gasteiger partial charge in [-0.15, -0.1) is 0 Å². The number of sulfonamides is 1. The molecule has 1 aliphatic heterocycles. The van der Waals surface area contributed by atoms with Gasteiger partial charge in [0.25, 0.3) is 0 Å². The van der Waals surface area contributed by atoms with Crippen molar-refractivity contribution in [3.8, 4) is 0 Å². The second kappa shape index (κ2) is 7.19. The van der Waals surface area contributed by atoms with E-state index in [-0.39, 0.29) is 6.04 Å². The van der Waals surface area contributed by atoms with E-state index < -0.39 is 10.0 Å². The topological polar surface area (TPSA) is 52.7 Å². The van der Waals surface area contributed by atoms with E-state index in [2.05, 4.69) is 44.4 Å². The lowest BCUT2D eigenvalue weighted by Crippen LogP contribution is -2.51. The van der Waals surface area contributed by atoms with Gasteiger partial charge in [-0.3, -0.25) is 4.90 Å². The third kappa shape index (κ3) is 4.75. The molecule has 1 aliphatic rings. The predicted molar refractivity (Wildman–Crippen MR) is 87.9 cm³/mol. The zero-order chi connectivity index (χ0) is 15.5. The molecule has 1 heterocycles. The van der Waals surface area contributed by atoms with Gasteiger partial charge in [0.2, 0.25) is 10.0 Å². The average Bonchev–Trinajstić information content (AvgIpc) is 2.46. The predicted octanol–water partition coefficient (Wildman–Crippen LogP) is 1.36. The van der Waals surface area contributed by atoms with Gasteiger partial charge in [0.15, 0.2) is 0 Å². The van der Waals surface area contributed by atoms with Crippen LogP contribution in [0.25, 0.3) is 0 Å². The summed E-state index contributed by atoms with van der Waals surface area (Å²) >= 11 is 3.31. The minimum atomic E-state index is -3.43. The molecule has 1 aromatic rings. The molecule has 0 spiro atoms. The minimum absolute atomic E-state index is 0.198. The summed E-state index contributed by atoms with van der Waals surface area (Å²) in [6.45, 7) is 6.53. The van der Waals surface area contributed by atoms with Crippen molar-refractivity contribution in [3.05, 3.63) is 28.7 Å². The van der Waals surface area contributed by atoms with Crippen LogP contribution in [0.5, 0.6) is 0 Å². The first-order chi connectivity index (χ1) is 9.88. The summed E-state index contributed by atoms with van der Waals surface area (Å²) in [5.74, 6) is 0. The molecule has 0 aromatic heterocycles. The number of halogens is 1. The van der Waals surface area contributed by atoms with E-state index >= 15 is 0 Å². The maximum Gasteiger partial charge on any atom is 0.240 e. The summed E-state index contributed by atoms with van der Waals surface area (Å²) in [4.78, 5) is 4.91. The Morgan fingerprint density at radius 1 is 1.19 bits per heavy atom. The maximum atomic E-state index is 12.2. The quantitative estimate of drug-likeness (QED) is 0.844. The van der Waals surface area contributed by atoms with Crippen LogP contribution in [0, 0.1) is 0 Å². The summed E-state index contributed by atoms with van der Waals surface area (Å²) in [5, 5.41) is 0. The van der Waals surface area contributed by atoms with Crippen molar-refractivity contribution >= 4 is 26.0 Å². The highest BCUT2D eigenvalue weighted by Crippen LogP contribution is 2.14. The van der Waals surface area contributed by atoms with Gasteiger partial charge >= 0.3 is 0 Å². The van der Waals surface area contributed by atoms with E-state index in [1.807, 2.05) is 0 Å². The Morgan fingerprint density at radius 2 is 1.76 bits per heavy atom. The molecule has 118 valence electrons. The zero-order valence-electron chi connectivity index (χ0n) is 12.4. The van der Waals surface area contributed by atoms with Crippen LogP contribution in [-0.2, 0) is 10.0 Å². The van der Waals surface area contributed by atoms with Crippen molar-refractivity contribution in [1.82, 2.24) is 14.5 Å². The standard InChI is InChI=1S/C14H22BrN3O2S/c1-12(18-9-7-17(2)8-10-18)11-16-21(19,20)14-5-3-13(15)4-6-14/h3-6,12,16H,7-11H2,1-2H3. The number of hydrogen-bond acceptors (Lipinski definition) is 4. The Hall–Kier alpha value is -0.470. The second-order valence-electron chi connectivity index (χ2n) is 5.49. The SMILES string of the molecule is CC(CNS(=O)(=O)c1ccc(Br)cc1)N1CCN(C)CC1. The largest absolute Gasteiger partial charge is 0.304 e. The first kappa shape index (κ1) is 16.9. The molecule has 1 fully saturated rings. The summed E-state index contributed by atoms with van der Waals surface area (Å²) in [6, 6.07) is 6.88. The monoisotopic (exact) mass is 375 g/mol. The molecule has 0 bridgehead atoms. The highest BCUT2D eigenvalue weighted by molar-refractivity contribution is 9.10. The molecular formula is C14H22BrN3O2S. The van der Waals surface area contributed by atoms with E-state index in [0.717, 1.165) is 30.7 Å². The van der Waals surface area contributed by atoms with E-state index in [1.54, 1.807) is 24.3 Å². The van der Waals surface area contributed by atoms with Crippen LogP contribution < -0.4 is 4.72 Å². The third-order valence-corrected chi connectivity index (χ3v) is 5.82. The van der Waals surface area contributed by atoms with E-state index in [4.69, 9.17) is 0 Å². The number of likely N-dealkylation sites (N-methyl/N-ethyl adjacent to an activating group) is 1. The van der Waals surface area contributed by atoms with Crippen LogP contribution in [0.3, 0.4) is 0 Å². The van der Waals surface area contributed by atoms with Crippen LogP contribution in [0.2, 0.25) is 0 Å². The van der Waals surface area contributed by atoms with Gasteiger partial charge < -0.3 is 4.90 Å². The molecule has 0 aliphatic carbocycles. The van der Waals surface area contributed by atoms with Crippen LogP contribution in [-0.4, -0.2) is 64.0 Å². The molecule has 1 unspecified atom stereocenters. The Balaban J connectivity index is 1.90. The number of nitrogens with zero attached hydrogens (tertiary/aromatic N) is 2. The van der Waals surface area contributed by atoms with Gasteiger partial charge in [0.1, 0.15) is 0 Å². The molecule has 0 saturated carbocycles. The third-order valence-electron chi connectivity index (χ3n) is 3.85. The lowest BCUT2D eigenvalue weighted by atomic mass is 10.2. The molecule has 2 rings (SSSR count). The number of piperazine rings is 1. The van der Waals surface area contributed by atoms with Gasteiger partial charge in [-0.2, -0.15) is 0 Å². The van der Waals surface area contributed by atoms with Crippen LogP contribution in [0.15, 0.2) is 33.6 Å². The molecule has 0 amide bonds. The second-order valence-corrected chi connectivity index (χ2v) is 8.18. The number of hydrogen-bond donors (Lipinski definition) is 1. The molecule has 0 radical (unpaired) electrons. The zero-order valence-corrected chi connectivity index (χ0v) is 14.8. The first-order valence-corrected chi connectivity index (χ1v) is 9.34. The maximum absolute atomic E-state index is 12.2. The Morgan fingerprint density at radius 3 is 2.33 bits per heavy atom.